The molecule has 3 aromatic rings. The number of amides is 1. The van der Waals surface area contributed by atoms with E-state index >= 15 is 0 Å². The van der Waals surface area contributed by atoms with E-state index in [1.54, 1.807) is 49.0 Å². The number of halogens is 3. The molecule has 0 bridgehead atoms. The van der Waals surface area contributed by atoms with E-state index in [0.29, 0.717) is 47.6 Å². The molecule has 0 unspecified atom stereocenters. The molecule has 1 aliphatic rings. The predicted molar refractivity (Wildman–Crippen MR) is 137 cm³/mol. The Labute approximate surface area is 222 Å². The van der Waals surface area contributed by atoms with Gasteiger partial charge in [0, 0.05) is 32.9 Å². The zero-order valence-electron chi connectivity index (χ0n) is 21.4. The molecule has 1 amide bonds. The highest BCUT2D eigenvalue weighted by molar-refractivity contribution is 7.90. The quantitative estimate of drug-likeness (QED) is 0.385. The Kier molecular flexibility index (Phi) is 7.63. The number of aromatic nitrogens is 3. The van der Waals surface area contributed by atoms with Crippen molar-refractivity contribution < 1.29 is 31.2 Å². The molecule has 1 aliphatic heterocycles. The monoisotopic (exact) mass is 565 g/mol. The van der Waals surface area contributed by atoms with Crippen LogP contribution in [0.4, 0.5) is 18.9 Å². The molecule has 0 saturated heterocycles. The number of Topliss-reactive ketones (excluding diaryl/α,β-unsaturated/α-hetero) is 1. The third-order valence-corrected chi connectivity index (χ3v) is 7.61. The van der Waals surface area contributed by atoms with Gasteiger partial charge in [0.1, 0.15) is 12.0 Å². The number of benzene rings is 1. The minimum atomic E-state index is -5.48. The van der Waals surface area contributed by atoms with Crippen molar-refractivity contribution in [1.29, 1.82) is 0 Å². The summed E-state index contributed by atoms with van der Waals surface area (Å²) in [6.45, 7) is 1.41. The maximum absolute atomic E-state index is 13.2. The first-order chi connectivity index (χ1) is 18.3. The van der Waals surface area contributed by atoms with Crippen molar-refractivity contribution in [3.8, 4) is 0 Å². The number of sulfonamides is 1. The van der Waals surface area contributed by atoms with Crippen LogP contribution < -0.4 is 5.01 Å². The number of hydrogen-bond acceptors (Lipinski definition) is 8. The molecule has 0 atom stereocenters. The molecule has 2 aromatic heterocycles. The highest BCUT2D eigenvalue weighted by Gasteiger charge is 2.50. The average molecular weight is 566 g/mol. The Bertz CT molecular complexity index is 1530. The highest BCUT2D eigenvalue weighted by Crippen LogP contribution is 2.28. The first-order valence-corrected chi connectivity index (χ1v) is 13.4. The lowest BCUT2D eigenvalue weighted by molar-refractivity contribution is -0.0471. The maximum Gasteiger partial charge on any atom is 0.516 e. The van der Waals surface area contributed by atoms with Gasteiger partial charge in [0.2, 0.25) is 5.78 Å². The van der Waals surface area contributed by atoms with Crippen molar-refractivity contribution in [1.82, 2.24) is 23.6 Å². The second-order valence-electron chi connectivity index (χ2n) is 8.98. The number of anilines is 1. The SMILES string of the molecule is CCc1nc2ncc(C(=O)N(C)C)cn2c1C(=O)CCc1ccc(N2CCN(S(=O)(=O)C(F)(F)F)C=N2)cc1. The van der Waals surface area contributed by atoms with E-state index in [4.69, 9.17) is 0 Å². The molecule has 4 rings (SSSR count). The summed E-state index contributed by atoms with van der Waals surface area (Å²) in [6, 6.07) is 6.92. The number of ketones is 1. The van der Waals surface area contributed by atoms with Gasteiger partial charge in [0.25, 0.3) is 5.91 Å². The normalized spacial score (nSPS) is 14.2. The smallest absolute Gasteiger partial charge is 0.345 e. The van der Waals surface area contributed by atoms with Gasteiger partial charge >= 0.3 is 15.5 Å². The van der Waals surface area contributed by atoms with Crippen LogP contribution in [-0.2, 0) is 22.9 Å². The fourth-order valence-corrected chi connectivity index (χ4v) is 4.79. The van der Waals surface area contributed by atoms with E-state index in [1.807, 2.05) is 6.92 Å². The van der Waals surface area contributed by atoms with Crippen LogP contribution in [0.2, 0.25) is 0 Å². The van der Waals surface area contributed by atoms with Crippen molar-refractivity contribution in [2.24, 2.45) is 5.10 Å². The number of nitrogens with zero attached hydrogens (tertiary/aromatic N) is 7. The minimum absolute atomic E-state index is 0.0654. The summed E-state index contributed by atoms with van der Waals surface area (Å²) in [6.07, 6.45) is 4.72. The predicted octanol–water partition coefficient (Wildman–Crippen LogP) is 2.72. The van der Waals surface area contributed by atoms with Gasteiger partial charge in [0.15, 0.2) is 5.78 Å². The second-order valence-corrected chi connectivity index (χ2v) is 10.9. The van der Waals surface area contributed by atoms with Crippen LogP contribution in [0.25, 0.3) is 5.78 Å². The highest BCUT2D eigenvalue weighted by atomic mass is 32.2. The van der Waals surface area contributed by atoms with Gasteiger partial charge < -0.3 is 4.90 Å². The lowest BCUT2D eigenvalue weighted by Crippen LogP contribution is -2.46. The average Bonchev–Trinajstić information content (AvgIpc) is 3.29. The van der Waals surface area contributed by atoms with Gasteiger partial charge in [-0.1, -0.05) is 19.1 Å². The lowest BCUT2D eigenvalue weighted by Gasteiger charge is -2.29. The Balaban J connectivity index is 1.45. The number of rotatable bonds is 8. The molecule has 11 nitrogen and oxygen atoms in total. The molecule has 15 heteroatoms. The fraction of sp³-hybridized carbons (Fsp3) is 0.375. The maximum atomic E-state index is 13.2. The molecule has 1 aromatic carbocycles. The fourth-order valence-electron chi connectivity index (χ4n) is 4.04. The zero-order chi connectivity index (χ0) is 28.5. The number of carbonyl (C=O) groups is 2. The Hall–Kier alpha value is -4.01. The van der Waals surface area contributed by atoms with E-state index in [-0.39, 0.29) is 29.0 Å². The summed E-state index contributed by atoms with van der Waals surface area (Å²) in [5.41, 5.74) is -2.71. The first-order valence-electron chi connectivity index (χ1n) is 11.9. The van der Waals surface area contributed by atoms with Crippen LogP contribution in [0, 0.1) is 0 Å². The Morgan fingerprint density at radius 3 is 2.36 bits per heavy atom. The van der Waals surface area contributed by atoms with Gasteiger partial charge in [-0.25, -0.2) is 14.3 Å². The van der Waals surface area contributed by atoms with E-state index < -0.39 is 22.1 Å². The first kappa shape index (κ1) is 28.0. The minimum Gasteiger partial charge on any atom is -0.345 e. The number of aryl methyl sites for hydroxylation is 2. The molecule has 208 valence electrons. The molecule has 3 heterocycles. The number of fused-ring (bicyclic) bond motifs is 1. The summed E-state index contributed by atoms with van der Waals surface area (Å²) in [5, 5.41) is 5.23. The third-order valence-electron chi connectivity index (χ3n) is 6.13. The number of alkyl halides is 3. The molecule has 0 spiro atoms. The second kappa shape index (κ2) is 10.6. The molecule has 0 radical (unpaired) electrons. The Morgan fingerprint density at radius 2 is 1.79 bits per heavy atom. The zero-order valence-corrected chi connectivity index (χ0v) is 22.2. The lowest BCUT2D eigenvalue weighted by atomic mass is 10.0. The van der Waals surface area contributed by atoms with Crippen molar-refractivity contribution in [3.63, 3.8) is 0 Å². The molecule has 0 N–H and O–H groups in total. The number of hydrazone groups is 1. The van der Waals surface area contributed by atoms with Crippen LogP contribution >= 0.6 is 0 Å². The van der Waals surface area contributed by atoms with Gasteiger partial charge in [-0.15, -0.1) is 0 Å². The molecular weight excluding hydrogens is 539 g/mol. The van der Waals surface area contributed by atoms with Crippen molar-refractivity contribution >= 4 is 39.5 Å². The van der Waals surface area contributed by atoms with E-state index in [2.05, 4.69) is 15.1 Å². The molecule has 0 saturated carbocycles. The van der Waals surface area contributed by atoms with Crippen molar-refractivity contribution in [2.45, 2.75) is 31.7 Å². The molecule has 0 aliphatic carbocycles. The van der Waals surface area contributed by atoms with Crippen LogP contribution in [0.3, 0.4) is 0 Å². The third kappa shape index (κ3) is 5.57. The number of hydrogen-bond donors (Lipinski definition) is 0. The summed E-state index contributed by atoms with van der Waals surface area (Å²) < 4.78 is 63.0. The standard InChI is InChI=1S/C24H26F3N7O4S/c1-4-19-21(33-14-17(22(36)31(2)3)13-28-23(33)30-19)20(35)10-7-16-5-8-18(9-6-16)34-12-11-32(15-29-34)39(37,38)24(25,26)27/h5-6,8-9,13-15H,4,7,10-12H2,1-3H3. The van der Waals surface area contributed by atoms with Gasteiger partial charge in [-0.3, -0.25) is 19.0 Å². The van der Waals surface area contributed by atoms with Crippen LogP contribution in [0.5, 0.6) is 0 Å². The summed E-state index contributed by atoms with van der Waals surface area (Å²) in [5.74, 6) is -0.0767. The molecule has 0 fully saturated rings. The Morgan fingerprint density at radius 1 is 1.10 bits per heavy atom. The molecular formula is C24H26F3N7O4S. The van der Waals surface area contributed by atoms with E-state index in [9.17, 15) is 31.2 Å². The van der Waals surface area contributed by atoms with Gasteiger partial charge in [0.05, 0.1) is 30.0 Å². The van der Waals surface area contributed by atoms with Gasteiger partial charge in [-0.05, 0) is 30.5 Å². The van der Waals surface area contributed by atoms with Crippen LogP contribution in [0.15, 0.2) is 41.8 Å². The van der Waals surface area contributed by atoms with Crippen molar-refractivity contribution in [2.75, 3.05) is 32.2 Å². The number of carbonyl (C=O) groups excluding carboxylic acids is 2. The summed E-state index contributed by atoms with van der Waals surface area (Å²) in [7, 11) is -2.23. The van der Waals surface area contributed by atoms with Crippen molar-refractivity contribution in [3.05, 3.63) is 59.2 Å². The molecule has 39 heavy (non-hydrogen) atoms. The number of imidazole rings is 1. The summed E-state index contributed by atoms with van der Waals surface area (Å²) >= 11 is 0. The largest absolute Gasteiger partial charge is 0.516 e. The van der Waals surface area contributed by atoms with E-state index in [0.717, 1.165) is 5.56 Å². The van der Waals surface area contributed by atoms with Crippen LogP contribution in [0.1, 0.15) is 45.4 Å². The van der Waals surface area contributed by atoms with E-state index in [1.165, 1.54) is 16.1 Å². The van der Waals surface area contributed by atoms with Crippen LogP contribution in [-0.4, -0.2) is 82.7 Å². The summed E-state index contributed by atoms with van der Waals surface area (Å²) in [4.78, 5) is 35.7. The topological polar surface area (TPSA) is 121 Å². The van der Waals surface area contributed by atoms with Gasteiger partial charge in [-0.2, -0.15) is 26.7 Å².